The molecule has 0 saturated carbocycles. The van der Waals surface area contributed by atoms with Gasteiger partial charge in [-0.05, 0) is 57.2 Å². The largest absolute Gasteiger partial charge is 0.470 e. The minimum Gasteiger partial charge on any atom is -0.470 e. The van der Waals surface area contributed by atoms with Gasteiger partial charge in [-0.2, -0.15) is 4.90 Å². The molecule has 0 bridgehead atoms. The summed E-state index contributed by atoms with van der Waals surface area (Å²) in [5.41, 5.74) is 6.70. The summed E-state index contributed by atoms with van der Waals surface area (Å²) < 4.78 is 19.6. The number of ether oxygens (including phenoxy) is 3. The van der Waals surface area contributed by atoms with E-state index in [-0.39, 0.29) is 18.7 Å². The van der Waals surface area contributed by atoms with E-state index in [9.17, 15) is 0 Å². The summed E-state index contributed by atoms with van der Waals surface area (Å²) in [7, 11) is 0. The van der Waals surface area contributed by atoms with Crippen LogP contribution in [0.1, 0.15) is 52.1 Å². The maximum absolute atomic E-state index is 6.52. The Labute approximate surface area is 164 Å². The Morgan fingerprint density at radius 1 is 0.536 bits per heavy atom. The number of hydrogen-bond acceptors (Lipinski definition) is 4. The second-order valence-electron chi connectivity index (χ2n) is 7.98. The molecule has 3 aromatic carbocycles. The molecule has 0 fully saturated rings. The molecule has 0 aliphatic carbocycles. The molecule has 140 valence electrons. The van der Waals surface area contributed by atoms with Gasteiger partial charge in [0.15, 0.2) is 18.7 Å². The molecular formula is C24H21NO3. The van der Waals surface area contributed by atoms with Gasteiger partial charge >= 0.3 is 0 Å². The smallest absolute Gasteiger partial charge is 0.188 e. The highest BCUT2D eigenvalue weighted by molar-refractivity contribution is 5.50. The van der Waals surface area contributed by atoms with Crippen molar-refractivity contribution in [2.24, 2.45) is 0 Å². The third-order valence-corrected chi connectivity index (χ3v) is 5.82. The van der Waals surface area contributed by atoms with Gasteiger partial charge in [0.2, 0.25) is 0 Å². The molecule has 3 atom stereocenters. The lowest BCUT2D eigenvalue weighted by Crippen LogP contribution is -2.50. The zero-order chi connectivity index (χ0) is 19.0. The molecule has 3 aliphatic rings. The standard InChI is InChI=1S/C24H21NO3/c1-13-4-7-19-16(10-13)22-25-23(26-19)18-12-15(3)6-9-21(18)28-24(25)17-11-14(2)5-8-20(17)27-22/h4-12,22-24H,1-3H3. The summed E-state index contributed by atoms with van der Waals surface area (Å²) in [5, 5.41) is 0. The van der Waals surface area contributed by atoms with Crippen LogP contribution in [-0.4, -0.2) is 4.90 Å². The lowest BCUT2D eigenvalue weighted by molar-refractivity contribution is -0.202. The molecule has 0 aromatic heterocycles. The lowest BCUT2D eigenvalue weighted by Gasteiger charge is -2.51. The van der Waals surface area contributed by atoms with Gasteiger partial charge in [0.05, 0.1) is 16.7 Å². The van der Waals surface area contributed by atoms with Crippen molar-refractivity contribution in [3.63, 3.8) is 0 Å². The first-order valence-corrected chi connectivity index (χ1v) is 9.67. The van der Waals surface area contributed by atoms with Crippen molar-refractivity contribution in [2.45, 2.75) is 39.5 Å². The summed E-state index contributed by atoms with van der Waals surface area (Å²) in [6, 6.07) is 18.9. The summed E-state index contributed by atoms with van der Waals surface area (Å²) in [5.74, 6) is 2.63. The maximum atomic E-state index is 6.52. The predicted molar refractivity (Wildman–Crippen MR) is 105 cm³/mol. The molecule has 3 aliphatic heterocycles. The molecule has 3 unspecified atom stereocenters. The first-order chi connectivity index (χ1) is 13.6. The van der Waals surface area contributed by atoms with E-state index in [0.29, 0.717) is 0 Å². The van der Waals surface area contributed by atoms with E-state index in [4.69, 9.17) is 14.2 Å². The fourth-order valence-corrected chi connectivity index (χ4v) is 4.49. The second kappa shape index (κ2) is 5.52. The quantitative estimate of drug-likeness (QED) is 0.523. The number of hydrogen-bond donors (Lipinski definition) is 0. The maximum Gasteiger partial charge on any atom is 0.188 e. The van der Waals surface area contributed by atoms with Gasteiger partial charge in [0.25, 0.3) is 0 Å². The Hall–Kier alpha value is -2.98. The van der Waals surface area contributed by atoms with E-state index in [2.05, 4.69) is 80.3 Å². The van der Waals surface area contributed by atoms with Crippen molar-refractivity contribution in [1.29, 1.82) is 0 Å². The Morgan fingerprint density at radius 2 is 0.857 bits per heavy atom. The number of aryl methyl sites for hydroxylation is 3. The van der Waals surface area contributed by atoms with E-state index in [1.165, 1.54) is 16.7 Å². The van der Waals surface area contributed by atoms with Crippen LogP contribution in [0.5, 0.6) is 17.2 Å². The second-order valence-corrected chi connectivity index (χ2v) is 7.98. The van der Waals surface area contributed by atoms with Gasteiger partial charge in [-0.25, -0.2) is 0 Å². The van der Waals surface area contributed by atoms with Crippen LogP contribution in [-0.2, 0) is 0 Å². The topological polar surface area (TPSA) is 30.9 Å². The van der Waals surface area contributed by atoms with E-state index >= 15 is 0 Å². The van der Waals surface area contributed by atoms with Crippen molar-refractivity contribution in [2.75, 3.05) is 0 Å². The predicted octanol–water partition coefficient (Wildman–Crippen LogP) is 5.49. The van der Waals surface area contributed by atoms with Gasteiger partial charge in [0.1, 0.15) is 17.2 Å². The molecular weight excluding hydrogens is 350 g/mol. The first-order valence-electron chi connectivity index (χ1n) is 9.67. The molecule has 0 spiro atoms. The Bertz CT molecular complexity index is 981. The summed E-state index contributed by atoms with van der Waals surface area (Å²) in [6.45, 7) is 6.28. The zero-order valence-electron chi connectivity index (χ0n) is 16.1. The number of rotatable bonds is 0. The van der Waals surface area contributed by atoms with Crippen LogP contribution in [0.15, 0.2) is 54.6 Å². The van der Waals surface area contributed by atoms with Crippen molar-refractivity contribution >= 4 is 0 Å². The molecule has 0 radical (unpaired) electrons. The molecule has 0 saturated heterocycles. The van der Waals surface area contributed by atoms with Crippen LogP contribution >= 0.6 is 0 Å². The van der Waals surface area contributed by atoms with Gasteiger partial charge < -0.3 is 14.2 Å². The summed E-state index contributed by atoms with van der Waals surface area (Å²) >= 11 is 0. The third-order valence-electron chi connectivity index (χ3n) is 5.82. The number of fused-ring (bicyclic) bond motifs is 6. The minimum atomic E-state index is -0.248. The van der Waals surface area contributed by atoms with Crippen LogP contribution in [0.25, 0.3) is 0 Å². The third kappa shape index (κ3) is 2.15. The van der Waals surface area contributed by atoms with Gasteiger partial charge in [-0.1, -0.05) is 34.9 Å². The molecule has 3 aromatic rings. The highest BCUT2D eigenvalue weighted by Crippen LogP contribution is 2.56. The van der Waals surface area contributed by atoms with Crippen LogP contribution in [0.4, 0.5) is 0 Å². The number of nitrogens with zero attached hydrogens (tertiary/aromatic N) is 1. The fourth-order valence-electron chi connectivity index (χ4n) is 4.49. The fraction of sp³-hybridized carbons (Fsp3) is 0.250. The highest BCUT2D eigenvalue weighted by atomic mass is 16.6. The summed E-state index contributed by atoms with van der Waals surface area (Å²) in [4.78, 5) is 2.21. The summed E-state index contributed by atoms with van der Waals surface area (Å²) in [6.07, 6.45) is -0.743. The van der Waals surface area contributed by atoms with Crippen LogP contribution in [0.2, 0.25) is 0 Å². The van der Waals surface area contributed by atoms with Crippen LogP contribution < -0.4 is 14.2 Å². The average Bonchev–Trinajstić information content (AvgIpc) is 2.69. The number of benzene rings is 3. The molecule has 0 N–H and O–H groups in total. The molecule has 28 heavy (non-hydrogen) atoms. The van der Waals surface area contributed by atoms with Crippen LogP contribution in [0, 0.1) is 20.8 Å². The SMILES string of the molecule is Cc1ccc2c(c1)C1Oc3ccc(C)cc3C3Oc4ccc(C)cc4C(O2)N13. The molecule has 3 heterocycles. The molecule has 0 amide bonds. The minimum absolute atomic E-state index is 0.248. The van der Waals surface area contributed by atoms with E-state index in [0.717, 1.165) is 33.9 Å². The van der Waals surface area contributed by atoms with E-state index in [1.807, 2.05) is 0 Å². The monoisotopic (exact) mass is 371 g/mol. The van der Waals surface area contributed by atoms with Gasteiger partial charge in [-0.15, -0.1) is 0 Å². The zero-order valence-corrected chi connectivity index (χ0v) is 16.1. The Morgan fingerprint density at radius 3 is 1.18 bits per heavy atom. The Balaban J connectivity index is 1.61. The lowest BCUT2D eigenvalue weighted by atomic mass is 9.96. The van der Waals surface area contributed by atoms with E-state index in [1.54, 1.807) is 0 Å². The van der Waals surface area contributed by atoms with Crippen molar-refractivity contribution in [1.82, 2.24) is 4.90 Å². The first kappa shape index (κ1) is 16.0. The molecule has 4 heteroatoms. The molecule has 4 nitrogen and oxygen atoms in total. The molecule has 6 rings (SSSR count). The highest BCUT2D eigenvalue weighted by Gasteiger charge is 2.51. The van der Waals surface area contributed by atoms with Gasteiger partial charge in [-0.3, -0.25) is 0 Å². The van der Waals surface area contributed by atoms with Gasteiger partial charge in [0, 0.05) is 0 Å². The van der Waals surface area contributed by atoms with Crippen molar-refractivity contribution in [3.05, 3.63) is 88.0 Å². The Kier molecular flexibility index (Phi) is 3.16. The van der Waals surface area contributed by atoms with Crippen molar-refractivity contribution < 1.29 is 14.2 Å². The average molecular weight is 371 g/mol. The normalized spacial score (nSPS) is 23.9. The van der Waals surface area contributed by atoms with E-state index < -0.39 is 0 Å². The van der Waals surface area contributed by atoms with Crippen LogP contribution in [0.3, 0.4) is 0 Å². The van der Waals surface area contributed by atoms with Crippen molar-refractivity contribution in [3.8, 4) is 17.2 Å².